The number of halogens is 1. The number of aromatic nitrogens is 2. The van der Waals surface area contributed by atoms with E-state index >= 15 is 0 Å². The Morgan fingerprint density at radius 2 is 2.25 bits per heavy atom. The Morgan fingerprint density at radius 1 is 1.58 bits per heavy atom. The van der Waals surface area contributed by atoms with Crippen molar-refractivity contribution >= 4 is 0 Å². The maximum absolute atomic E-state index is 8.84. The zero-order valence-electron chi connectivity index (χ0n) is 7.44. The molecule has 0 aliphatic rings. The second-order valence-electron chi connectivity index (χ2n) is 2.72. The molecule has 0 aromatic carbocycles. The molecule has 0 saturated carbocycles. The van der Waals surface area contributed by atoms with E-state index in [1.54, 1.807) is 0 Å². The smallest absolute Gasteiger partial charge is 0.244 e. The number of hydrogen-bond acceptors (Lipinski definition) is 1. The van der Waals surface area contributed by atoms with Crippen LogP contribution in [0.15, 0.2) is 18.7 Å². The molecule has 0 aliphatic heterocycles. The maximum Gasteiger partial charge on any atom is 0.244 e. The predicted octanol–water partition coefficient (Wildman–Crippen LogP) is -2.65. The number of imidazole rings is 1. The van der Waals surface area contributed by atoms with Gasteiger partial charge in [0.1, 0.15) is 18.4 Å². The highest BCUT2D eigenvalue weighted by Gasteiger charge is 2.08. The van der Waals surface area contributed by atoms with Crippen molar-refractivity contribution in [3.8, 4) is 0 Å². The van der Waals surface area contributed by atoms with Crippen LogP contribution in [0.1, 0.15) is 19.9 Å². The van der Waals surface area contributed by atoms with Gasteiger partial charge in [-0.05, 0) is 13.8 Å². The van der Waals surface area contributed by atoms with E-state index in [0.717, 1.165) is 6.54 Å². The summed E-state index contributed by atoms with van der Waals surface area (Å²) in [6, 6.07) is 0.183. The minimum absolute atomic E-state index is 0. The van der Waals surface area contributed by atoms with E-state index in [-0.39, 0.29) is 29.6 Å². The third-order valence-electron chi connectivity index (χ3n) is 1.85. The lowest BCUT2D eigenvalue weighted by atomic mass is 10.4. The first-order valence-electron chi connectivity index (χ1n) is 3.95. The van der Waals surface area contributed by atoms with Crippen LogP contribution in [0.4, 0.5) is 0 Å². The molecule has 1 heterocycles. The Morgan fingerprint density at radius 3 is 2.67 bits per heavy atom. The van der Waals surface area contributed by atoms with Gasteiger partial charge in [0.25, 0.3) is 0 Å². The van der Waals surface area contributed by atoms with E-state index in [2.05, 4.69) is 11.5 Å². The molecule has 0 saturated heterocycles. The zero-order chi connectivity index (χ0) is 8.27. The Kier molecular flexibility index (Phi) is 5.17. The molecule has 4 heteroatoms. The molecule has 1 aromatic rings. The summed E-state index contributed by atoms with van der Waals surface area (Å²) in [6.07, 6.45) is 5.98. The van der Waals surface area contributed by atoms with Gasteiger partial charge in [-0.25, -0.2) is 9.13 Å². The lowest BCUT2D eigenvalue weighted by Crippen LogP contribution is -3.00. The molecule has 0 aliphatic carbocycles. The summed E-state index contributed by atoms with van der Waals surface area (Å²) in [6.45, 7) is 5.25. The molecular weight excluding hydrogens is 220 g/mol. The normalized spacial score (nSPS) is 12.2. The lowest BCUT2D eigenvalue weighted by Gasteiger charge is -2.01. The van der Waals surface area contributed by atoms with Crippen LogP contribution in [0.2, 0.25) is 0 Å². The largest absolute Gasteiger partial charge is 1.00 e. The van der Waals surface area contributed by atoms with Crippen molar-refractivity contribution in [2.75, 3.05) is 6.61 Å². The van der Waals surface area contributed by atoms with Crippen molar-refractivity contribution < 1.29 is 26.7 Å². The highest BCUT2D eigenvalue weighted by molar-refractivity contribution is 4.71. The van der Waals surface area contributed by atoms with Gasteiger partial charge in [-0.2, -0.15) is 0 Å². The molecule has 0 fully saturated rings. The van der Waals surface area contributed by atoms with Gasteiger partial charge in [0.2, 0.25) is 6.33 Å². The van der Waals surface area contributed by atoms with Crippen LogP contribution in [0.25, 0.3) is 0 Å². The summed E-state index contributed by atoms with van der Waals surface area (Å²) < 4.78 is 4.08. The number of aryl methyl sites for hydroxylation is 1. The summed E-state index contributed by atoms with van der Waals surface area (Å²) in [4.78, 5) is 0. The highest BCUT2D eigenvalue weighted by Crippen LogP contribution is 2.00. The van der Waals surface area contributed by atoms with Crippen LogP contribution < -0.4 is 21.5 Å². The van der Waals surface area contributed by atoms with Gasteiger partial charge < -0.3 is 22.1 Å². The average molecular weight is 235 g/mol. The van der Waals surface area contributed by atoms with Gasteiger partial charge in [0.15, 0.2) is 0 Å². The van der Waals surface area contributed by atoms with Crippen molar-refractivity contribution in [2.45, 2.75) is 26.4 Å². The number of aliphatic hydroxyl groups is 1. The minimum atomic E-state index is 0. The van der Waals surface area contributed by atoms with Crippen LogP contribution in [-0.2, 0) is 6.54 Å². The Bertz CT molecular complexity index is 225. The van der Waals surface area contributed by atoms with Crippen LogP contribution in [0.3, 0.4) is 0 Å². The first kappa shape index (κ1) is 11.6. The molecule has 70 valence electrons. The van der Waals surface area contributed by atoms with E-state index in [4.69, 9.17) is 5.11 Å². The Hall–Kier alpha value is -0.350. The number of nitrogens with zero attached hydrogens (tertiary/aromatic N) is 2. The average Bonchev–Trinajstić information content (AvgIpc) is 2.50. The fourth-order valence-electron chi connectivity index (χ4n) is 0.953. The standard InChI is InChI=1S/C8H15N2O.BrH/c1-3-9-4-5-10(7-9)8(2)6-11;/h4-5,7-8,11H,3,6H2,1-2H3;1H/q+1;/p-1/t8-;/m0./s1. The van der Waals surface area contributed by atoms with Gasteiger partial charge in [0, 0.05) is 0 Å². The number of hydrogen-bond donors (Lipinski definition) is 1. The summed E-state index contributed by atoms with van der Waals surface area (Å²) in [5, 5.41) is 8.84. The first-order chi connectivity index (χ1) is 5.27. The highest BCUT2D eigenvalue weighted by atomic mass is 79.9. The van der Waals surface area contributed by atoms with Crippen molar-refractivity contribution in [3.63, 3.8) is 0 Å². The van der Waals surface area contributed by atoms with E-state index in [1.807, 2.05) is 30.2 Å². The second-order valence-corrected chi connectivity index (χ2v) is 2.72. The molecule has 0 unspecified atom stereocenters. The van der Waals surface area contributed by atoms with Gasteiger partial charge in [-0.3, -0.25) is 0 Å². The molecule has 0 amide bonds. The molecule has 1 N–H and O–H groups in total. The quantitative estimate of drug-likeness (QED) is 0.570. The molecule has 0 bridgehead atoms. The van der Waals surface area contributed by atoms with Gasteiger partial charge in [0.05, 0.1) is 13.2 Å². The van der Waals surface area contributed by atoms with Crippen LogP contribution in [-0.4, -0.2) is 16.3 Å². The summed E-state index contributed by atoms with van der Waals surface area (Å²) >= 11 is 0. The molecule has 1 rings (SSSR count). The maximum atomic E-state index is 8.84. The molecule has 0 spiro atoms. The molecule has 0 radical (unpaired) electrons. The fourth-order valence-corrected chi connectivity index (χ4v) is 0.953. The van der Waals surface area contributed by atoms with Crippen molar-refractivity contribution in [3.05, 3.63) is 18.7 Å². The van der Waals surface area contributed by atoms with Crippen molar-refractivity contribution in [2.24, 2.45) is 0 Å². The van der Waals surface area contributed by atoms with Crippen LogP contribution >= 0.6 is 0 Å². The summed E-state index contributed by atoms with van der Waals surface area (Å²) in [5.41, 5.74) is 0. The van der Waals surface area contributed by atoms with Crippen LogP contribution in [0, 0.1) is 0 Å². The second kappa shape index (κ2) is 5.32. The zero-order valence-corrected chi connectivity index (χ0v) is 9.03. The predicted molar refractivity (Wildman–Crippen MR) is 42.1 cm³/mol. The van der Waals surface area contributed by atoms with Gasteiger partial charge >= 0.3 is 0 Å². The van der Waals surface area contributed by atoms with Gasteiger partial charge in [-0.15, -0.1) is 0 Å². The topological polar surface area (TPSA) is 29.0 Å². The summed E-state index contributed by atoms with van der Waals surface area (Å²) in [7, 11) is 0. The minimum Gasteiger partial charge on any atom is -1.00 e. The molecular formula is C8H15BrN2O. The van der Waals surface area contributed by atoms with E-state index in [1.165, 1.54) is 0 Å². The Labute approximate surface area is 83.4 Å². The van der Waals surface area contributed by atoms with Gasteiger partial charge in [-0.1, -0.05) is 0 Å². The molecule has 1 aromatic heterocycles. The third kappa shape index (κ3) is 2.60. The number of rotatable bonds is 3. The fraction of sp³-hybridized carbons (Fsp3) is 0.625. The van der Waals surface area contributed by atoms with E-state index in [0.29, 0.717) is 0 Å². The lowest BCUT2D eigenvalue weighted by molar-refractivity contribution is -0.693. The molecule has 3 nitrogen and oxygen atoms in total. The SMILES string of the molecule is CC[n+]1ccn([C@@H](C)CO)c1.[Br-]. The van der Waals surface area contributed by atoms with E-state index < -0.39 is 0 Å². The summed E-state index contributed by atoms with van der Waals surface area (Å²) in [5.74, 6) is 0. The monoisotopic (exact) mass is 234 g/mol. The first-order valence-corrected chi connectivity index (χ1v) is 3.95. The molecule has 12 heavy (non-hydrogen) atoms. The van der Waals surface area contributed by atoms with Crippen molar-refractivity contribution in [1.82, 2.24) is 4.57 Å². The van der Waals surface area contributed by atoms with Crippen LogP contribution in [0.5, 0.6) is 0 Å². The van der Waals surface area contributed by atoms with Crippen molar-refractivity contribution in [1.29, 1.82) is 0 Å². The number of aliphatic hydroxyl groups excluding tert-OH is 1. The Balaban J connectivity index is 0.00000121. The third-order valence-corrected chi connectivity index (χ3v) is 1.85. The van der Waals surface area contributed by atoms with E-state index in [9.17, 15) is 0 Å². The molecule has 1 atom stereocenters.